The molecule has 0 aliphatic carbocycles. The summed E-state index contributed by atoms with van der Waals surface area (Å²) in [5.74, 6) is -1.74. The maximum atomic E-state index is 13.6. The van der Waals surface area contributed by atoms with Gasteiger partial charge in [0.15, 0.2) is 28.3 Å². The van der Waals surface area contributed by atoms with Gasteiger partial charge in [0.05, 0.1) is 11.6 Å². The Kier molecular flexibility index (Phi) is 5.45. The normalized spacial score (nSPS) is 17.4. The van der Waals surface area contributed by atoms with Crippen LogP contribution in [0.4, 0.5) is 19.6 Å². The van der Waals surface area contributed by atoms with Crippen molar-refractivity contribution in [3.8, 4) is 22.8 Å². The SMILES string of the molecule is Cc1sc(NC(=O)[C@H]2CC(=O)N(c3ccc4c(c3)OCCO4)C2)nc1-c1ccc(F)c(F)c1. The van der Waals surface area contributed by atoms with Crippen molar-refractivity contribution in [1.29, 1.82) is 0 Å². The lowest BCUT2D eigenvalue weighted by molar-refractivity contribution is -0.122. The lowest BCUT2D eigenvalue weighted by atomic mass is 10.1. The number of anilines is 2. The number of rotatable bonds is 4. The second kappa shape index (κ2) is 8.43. The minimum absolute atomic E-state index is 0.0701. The fourth-order valence-corrected chi connectivity index (χ4v) is 4.74. The van der Waals surface area contributed by atoms with Crippen molar-refractivity contribution in [3.63, 3.8) is 0 Å². The smallest absolute Gasteiger partial charge is 0.231 e. The van der Waals surface area contributed by atoms with E-state index in [0.29, 0.717) is 46.8 Å². The van der Waals surface area contributed by atoms with Gasteiger partial charge >= 0.3 is 0 Å². The Balaban J connectivity index is 1.29. The third-order valence-electron chi connectivity index (χ3n) is 5.55. The van der Waals surface area contributed by atoms with Gasteiger partial charge in [-0.05, 0) is 37.3 Å². The molecule has 2 aliphatic rings. The monoisotopic (exact) mass is 471 g/mol. The van der Waals surface area contributed by atoms with Crippen LogP contribution in [0.15, 0.2) is 36.4 Å². The second-order valence-corrected chi connectivity index (χ2v) is 8.98. The van der Waals surface area contributed by atoms with E-state index in [0.717, 1.165) is 17.0 Å². The highest BCUT2D eigenvalue weighted by Gasteiger charge is 2.36. The van der Waals surface area contributed by atoms with Crippen molar-refractivity contribution in [2.24, 2.45) is 5.92 Å². The molecule has 5 rings (SSSR count). The van der Waals surface area contributed by atoms with E-state index in [4.69, 9.17) is 9.47 Å². The Bertz CT molecular complexity index is 1260. The molecular weight excluding hydrogens is 452 g/mol. The molecule has 1 fully saturated rings. The topological polar surface area (TPSA) is 80.8 Å². The number of aryl methyl sites for hydroxylation is 1. The van der Waals surface area contributed by atoms with Gasteiger partial charge in [0, 0.05) is 35.2 Å². The first-order valence-corrected chi connectivity index (χ1v) is 11.1. The highest BCUT2D eigenvalue weighted by molar-refractivity contribution is 7.16. The molecule has 0 unspecified atom stereocenters. The number of thiazole rings is 1. The van der Waals surface area contributed by atoms with Crippen LogP contribution in [0, 0.1) is 24.5 Å². The zero-order valence-corrected chi connectivity index (χ0v) is 18.4. The molecule has 33 heavy (non-hydrogen) atoms. The number of hydrogen-bond acceptors (Lipinski definition) is 6. The molecule has 3 aromatic rings. The minimum Gasteiger partial charge on any atom is -0.486 e. The van der Waals surface area contributed by atoms with Gasteiger partial charge in [-0.15, -0.1) is 11.3 Å². The zero-order chi connectivity index (χ0) is 23.1. The summed E-state index contributed by atoms with van der Waals surface area (Å²) >= 11 is 1.23. The number of carbonyl (C=O) groups is 2. The summed E-state index contributed by atoms with van der Waals surface area (Å²) in [5.41, 5.74) is 1.53. The molecule has 3 heterocycles. The summed E-state index contributed by atoms with van der Waals surface area (Å²) in [6.45, 7) is 2.93. The highest BCUT2D eigenvalue weighted by Crippen LogP contribution is 2.36. The molecule has 0 bridgehead atoms. The number of aromatic nitrogens is 1. The van der Waals surface area contributed by atoms with Crippen molar-refractivity contribution < 1.29 is 27.8 Å². The first kappa shape index (κ1) is 21.3. The van der Waals surface area contributed by atoms with Crippen molar-refractivity contribution in [1.82, 2.24) is 4.98 Å². The van der Waals surface area contributed by atoms with Gasteiger partial charge in [0.25, 0.3) is 0 Å². The quantitative estimate of drug-likeness (QED) is 0.618. The maximum absolute atomic E-state index is 13.6. The Morgan fingerprint density at radius 1 is 1.12 bits per heavy atom. The number of ether oxygens (including phenoxy) is 2. The van der Waals surface area contributed by atoms with Crippen LogP contribution in [0.2, 0.25) is 0 Å². The number of nitrogens with one attached hydrogen (secondary N) is 1. The van der Waals surface area contributed by atoms with E-state index in [2.05, 4.69) is 10.3 Å². The highest BCUT2D eigenvalue weighted by atomic mass is 32.1. The summed E-state index contributed by atoms with van der Waals surface area (Å²) in [5, 5.41) is 3.10. The Hall–Kier alpha value is -3.53. The van der Waals surface area contributed by atoms with Crippen LogP contribution in [0.1, 0.15) is 11.3 Å². The summed E-state index contributed by atoms with van der Waals surface area (Å²) < 4.78 is 37.9. The number of halogens is 2. The predicted octanol–water partition coefficient (Wildman–Crippen LogP) is 4.16. The van der Waals surface area contributed by atoms with Gasteiger partial charge in [-0.25, -0.2) is 13.8 Å². The van der Waals surface area contributed by atoms with Gasteiger partial charge in [0.1, 0.15) is 13.2 Å². The number of fused-ring (bicyclic) bond motifs is 1. The van der Waals surface area contributed by atoms with E-state index in [-0.39, 0.29) is 24.8 Å². The largest absolute Gasteiger partial charge is 0.486 e. The maximum Gasteiger partial charge on any atom is 0.231 e. The van der Waals surface area contributed by atoms with Crippen LogP contribution in [-0.2, 0) is 9.59 Å². The summed E-state index contributed by atoms with van der Waals surface area (Å²) in [6.07, 6.45) is 0.0701. The summed E-state index contributed by atoms with van der Waals surface area (Å²) in [6, 6.07) is 8.81. The molecule has 2 amide bonds. The van der Waals surface area contributed by atoms with Crippen LogP contribution in [-0.4, -0.2) is 36.6 Å². The molecule has 1 aromatic heterocycles. The fourth-order valence-electron chi connectivity index (χ4n) is 3.90. The molecule has 1 saturated heterocycles. The summed E-state index contributed by atoms with van der Waals surface area (Å²) in [7, 11) is 0. The minimum atomic E-state index is -0.964. The average Bonchev–Trinajstić information content (AvgIpc) is 3.37. The third kappa shape index (κ3) is 4.13. The van der Waals surface area contributed by atoms with Crippen molar-refractivity contribution in [3.05, 3.63) is 52.9 Å². The van der Waals surface area contributed by atoms with E-state index >= 15 is 0 Å². The first-order valence-electron chi connectivity index (χ1n) is 10.3. The molecular formula is C23H19F2N3O4S. The van der Waals surface area contributed by atoms with E-state index in [9.17, 15) is 18.4 Å². The molecule has 0 radical (unpaired) electrons. The van der Waals surface area contributed by atoms with E-state index in [1.165, 1.54) is 17.4 Å². The Morgan fingerprint density at radius 2 is 1.91 bits per heavy atom. The van der Waals surface area contributed by atoms with Crippen molar-refractivity contribution >= 4 is 34.0 Å². The molecule has 1 atom stereocenters. The van der Waals surface area contributed by atoms with Crippen LogP contribution in [0.3, 0.4) is 0 Å². The lowest BCUT2D eigenvalue weighted by Gasteiger charge is -2.22. The van der Waals surface area contributed by atoms with E-state index in [1.807, 2.05) is 0 Å². The van der Waals surface area contributed by atoms with Gasteiger partial charge in [-0.3, -0.25) is 9.59 Å². The van der Waals surface area contributed by atoms with Crippen LogP contribution < -0.4 is 19.7 Å². The van der Waals surface area contributed by atoms with Gasteiger partial charge < -0.3 is 19.7 Å². The van der Waals surface area contributed by atoms with E-state index in [1.54, 1.807) is 30.0 Å². The molecule has 2 aromatic carbocycles. The number of amides is 2. The molecule has 2 aliphatic heterocycles. The average molecular weight is 471 g/mol. The third-order valence-corrected chi connectivity index (χ3v) is 6.44. The second-order valence-electron chi connectivity index (χ2n) is 7.78. The van der Waals surface area contributed by atoms with Crippen LogP contribution >= 0.6 is 11.3 Å². The van der Waals surface area contributed by atoms with Crippen LogP contribution in [0.5, 0.6) is 11.5 Å². The predicted molar refractivity (Wildman–Crippen MR) is 119 cm³/mol. The van der Waals surface area contributed by atoms with Crippen molar-refractivity contribution in [2.45, 2.75) is 13.3 Å². The Morgan fingerprint density at radius 3 is 2.70 bits per heavy atom. The number of benzene rings is 2. The molecule has 0 spiro atoms. The summed E-state index contributed by atoms with van der Waals surface area (Å²) in [4.78, 5) is 32.1. The van der Waals surface area contributed by atoms with Crippen molar-refractivity contribution in [2.75, 3.05) is 30.0 Å². The molecule has 7 nitrogen and oxygen atoms in total. The molecule has 0 saturated carbocycles. The van der Waals surface area contributed by atoms with E-state index < -0.39 is 17.6 Å². The number of carbonyl (C=O) groups excluding carboxylic acids is 2. The molecule has 170 valence electrons. The number of hydrogen-bond donors (Lipinski definition) is 1. The standard InChI is InChI=1S/C23H19F2N3O4S/c1-12-21(13-2-4-16(24)17(25)8-13)26-23(33-12)27-22(30)14-9-20(29)28(11-14)15-3-5-18-19(10-15)32-7-6-31-18/h2-5,8,10,14H,6-7,9,11H2,1H3,(H,26,27,30)/t14-/m0/s1. The molecule has 10 heteroatoms. The van der Waals surface area contributed by atoms with Gasteiger partial charge in [-0.2, -0.15) is 0 Å². The number of nitrogens with zero attached hydrogens (tertiary/aromatic N) is 2. The zero-order valence-electron chi connectivity index (χ0n) is 17.6. The fraction of sp³-hybridized carbons (Fsp3) is 0.261. The Labute approximate surface area is 192 Å². The van der Waals surface area contributed by atoms with Gasteiger partial charge in [-0.1, -0.05) is 0 Å². The van der Waals surface area contributed by atoms with Crippen LogP contribution in [0.25, 0.3) is 11.3 Å². The molecule has 1 N–H and O–H groups in total. The lowest BCUT2D eigenvalue weighted by Crippen LogP contribution is -2.28. The van der Waals surface area contributed by atoms with Gasteiger partial charge in [0.2, 0.25) is 11.8 Å². The first-order chi connectivity index (χ1) is 15.9.